The summed E-state index contributed by atoms with van der Waals surface area (Å²) in [7, 11) is 0. The largest absolute Gasteiger partial charge is 0.398 e. The van der Waals surface area contributed by atoms with Crippen LogP contribution >= 0.6 is 0 Å². The van der Waals surface area contributed by atoms with Gasteiger partial charge in [-0.1, -0.05) is 24.3 Å². The standard InChI is InChI=1S/C12H14N4.C7H6N2.C5H8N2/c13-11-9-5-1-2-6-10(9)14-12(15-11)16-7-3-4-8-16;8-5-6-3-1-2-4-7(6)9;1-6-7-4-2-3-5-7/h1-2,5-6H,3-4,7-8H2,(H2,13,14,15);1-4H,9H2;2-5H2. The third-order valence-electron chi connectivity index (χ3n) is 5.31. The predicted molar refractivity (Wildman–Crippen MR) is 128 cm³/mol. The van der Waals surface area contributed by atoms with Crippen LogP contribution in [-0.2, 0) is 0 Å². The summed E-state index contributed by atoms with van der Waals surface area (Å²) in [6, 6.07) is 16.8. The molecule has 4 N–H and O–H groups in total. The van der Waals surface area contributed by atoms with Crippen molar-refractivity contribution in [3.05, 3.63) is 65.6 Å². The number of benzene rings is 2. The summed E-state index contributed by atoms with van der Waals surface area (Å²) >= 11 is 0. The van der Waals surface area contributed by atoms with Gasteiger partial charge < -0.3 is 16.4 Å². The summed E-state index contributed by atoms with van der Waals surface area (Å²) < 4.78 is 0. The molecule has 8 heteroatoms. The summed E-state index contributed by atoms with van der Waals surface area (Å²) in [5.41, 5.74) is 13.4. The van der Waals surface area contributed by atoms with Gasteiger partial charge in [-0.05, 0) is 49.9 Å². The monoisotopic (exact) mass is 428 g/mol. The zero-order chi connectivity index (χ0) is 22.8. The van der Waals surface area contributed by atoms with E-state index < -0.39 is 0 Å². The Morgan fingerprint density at radius 3 is 2.09 bits per heavy atom. The zero-order valence-corrected chi connectivity index (χ0v) is 18.1. The minimum absolute atomic E-state index is 0.539. The Morgan fingerprint density at radius 1 is 0.875 bits per heavy atom. The van der Waals surface area contributed by atoms with Crippen molar-refractivity contribution in [2.75, 3.05) is 42.5 Å². The van der Waals surface area contributed by atoms with Crippen LogP contribution < -0.4 is 16.4 Å². The molecule has 1 aromatic heterocycles. The Hall–Kier alpha value is -4.04. The Kier molecular flexibility index (Phi) is 8.05. The first-order chi connectivity index (χ1) is 15.6. The van der Waals surface area contributed by atoms with E-state index in [0.717, 1.165) is 43.0 Å². The lowest BCUT2D eigenvalue weighted by molar-refractivity contribution is 0.461. The van der Waals surface area contributed by atoms with Crippen LogP contribution in [0.4, 0.5) is 17.5 Å². The van der Waals surface area contributed by atoms with E-state index in [4.69, 9.17) is 23.3 Å². The quantitative estimate of drug-likeness (QED) is 0.447. The lowest BCUT2D eigenvalue weighted by Gasteiger charge is -2.15. The number of hydrogen-bond acceptors (Lipinski definition) is 7. The number of nitrogens with zero attached hydrogens (tertiary/aromatic N) is 6. The third-order valence-corrected chi connectivity index (χ3v) is 5.31. The van der Waals surface area contributed by atoms with Gasteiger partial charge in [0.25, 0.3) is 0 Å². The molecule has 5 rings (SSSR count). The highest BCUT2D eigenvalue weighted by Gasteiger charge is 2.16. The van der Waals surface area contributed by atoms with Gasteiger partial charge >= 0.3 is 0 Å². The number of nitrogen functional groups attached to an aromatic ring is 2. The number of aromatic nitrogens is 2. The molecule has 0 radical (unpaired) electrons. The van der Waals surface area contributed by atoms with E-state index in [9.17, 15) is 0 Å². The summed E-state index contributed by atoms with van der Waals surface area (Å²) in [5, 5.41) is 11.1. The summed E-state index contributed by atoms with van der Waals surface area (Å²) in [6.45, 7) is 10.6. The van der Waals surface area contributed by atoms with Crippen molar-refractivity contribution < 1.29 is 0 Å². The highest BCUT2D eigenvalue weighted by Crippen LogP contribution is 2.23. The van der Waals surface area contributed by atoms with Crippen molar-refractivity contribution in [2.45, 2.75) is 25.7 Å². The van der Waals surface area contributed by atoms with Crippen LogP contribution in [0.1, 0.15) is 31.2 Å². The molecule has 2 aliphatic heterocycles. The normalized spacial score (nSPS) is 14.6. The molecular weight excluding hydrogens is 400 g/mol. The second kappa shape index (κ2) is 11.4. The smallest absolute Gasteiger partial charge is 0.227 e. The number of anilines is 3. The SMILES string of the molecule is N#Cc1ccccc1N.Nc1nc(N2CCCC2)nc2ccccc12.[C-]#[N+]N1CCCC1. The molecule has 3 heterocycles. The molecule has 0 aliphatic carbocycles. The molecule has 2 aromatic carbocycles. The Morgan fingerprint density at radius 2 is 1.50 bits per heavy atom. The van der Waals surface area contributed by atoms with E-state index >= 15 is 0 Å². The van der Waals surface area contributed by atoms with Gasteiger partial charge in [0.2, 0.25) is 5.95 Å². The van der Waals surface area contributed by atoms with E-state index in [-0.39, 0.29) is 0 Å². The van der Waals surface area contributed by atoms with Gasteiger partial charge in [-0.3, -0.25) is 0 Å². The van der Waals surface area contributed by atoms with E-state index in [1.807, 2.05) is 30.3 Å². The molecule has 0 saturated carbocycles. The van der Waals surface area contributed by atoms with Crippen LogP contribution in [0.25, 0.3) is 15.9 Å². The number of fused-ring (bicyclic) bond motifs is 1. The molecule has 0 spiro atoms. The average Bonchev–Trinajstić information content (AvgIpc) is 3.55. The topological polar surface area (TPSA) is 112 Å². The number of para-hydroxylation sites is 2. The molecule has 32 heavy (non-hydrogen) atoms. The summed E-state index contributed by atoms with van der Waals surface area (Å²) in [4.78, 5) is 14.4. The van der Waals surface area contributed by atoms with Crippen LogP contribution in [0, 0.1) is 17.9 Å². The van der Waals surface area contributed by atoms with Crippen LogP contribution in [0.2, 0.25) is 0 Å². The maximum Gasteiger partial charge on any atom is 0.227 e. The van der Waals surface area contributed by atoms with Gasteiger partial charge in [0.05, 0.1) is 24.2 Å². The second-order valence-electron chi connectivity index (χ2n) is 7.58. The van der Waals surface area contributed by atoms with Crippen molar-refractivity contribution in [1.29, 1.82) is 5.26 Å². The third kappa shape index (κ3) is 5.99. The summed E-state index contributed by atoms with van der Waals surface area (Å²) in [6.07, 6.45) is 4.86. The van der Waals surface area contributed by atoms with Crippen molar-refractivity contribution in [1.82, 2.24) is 15.0 Å². The molecule has 2 fully saturated rings. The first-order valence-electron chi connectivity index (χ1n) is 10.8. The minimum Gasteiger partial charge on any atom is -0.398 e. The number of nitrogens with two attached hydrogens (primary N) is 2. The minimum atomic E-state index is 0.539. The molecule has 2 saturated heterocycles. The Labute approximate surface area is 188 Å². The number of nitriles is 1. The number of rotatable bonds is 1. The van der Waals surface area contributed by atoms with Gasteiger partial charge in [0.1, 0.15) is 11.9 Å². The average molecular weight is 429 g/mol. The summed E-state index contributed by atoms with van der Waals surface area (Å²) in [5.74, 6) is 1.35. The molecule has 0 unspecified atom stereocenters. The maximum absolute atomic E-state index is 8.39. The van der Waals surface area contributed by atoms with Gasteiger partial charge in [-0.25, -0.2) is 4.98 Å². The van der Waals surface area contributed by atoms with E-state index in [1.165, 1.54) is 25.7 Å². The first kappa shape index (κ1) is 22.6. The van der Waals surface area contributed by atoms with E-state index in [0.29, 0.717) is 17.1 Å². The van der Waals surface area contributed by atoms with E-state index in [2.05, 4.69) is 19.8 Å². The van der Waals surface area contributed by atoms with Gasteiger partial charge in [0.15, 0.2) is 0 Å². The first-order valence-corrected chi connectivity index (χ1v) is 10.8. The molecule has 164 valence electrons. The fraction of sp³-hybridized carbons (Fsp3) is 0.333. The molecular formula is C24H28N8. The predicted octanol–water partition coefficient (Wildman–Crippen LogP) is 3.87. The molecule has 0 bridgehead atoms. The van der Waals surface area contributed by atoms with Crippen molar-refractivity contribution >= 4 is 28.4 Å². The molecule has 0 amide bonds. The van der Waals surface area contributed by atoms with Gasteiger partial charge in [0, 0.05) is 24.2 Å². The maximum atomic E-state index is 8.39. The second-order valence-corrected chi connectivity index (χ2v) is 7.58. The lowest BCUT2D eigenvalue weighted by atomic mass is 10.2. The van der Waals surface area contributed by atoms with Crippen molar-refractivity contribution in [3.63, 3.8) is 0 Å². The van der Waals surface area contributed by atoms with Crippen LogP contribution in [0.3, 0.4) is 0 Å². The van der Waals surface area contributed by atoms with Crippen molar-refractivity contribution in [3.8, 4) is 6.07 Å². The molecule has 3 aromatic rings. The molecule has 2 aliphatic rings. The highest BCUT2D eigenvalue weighted by atomic mass is 15.4. The van der Waals surface area contributed by atoms with Crippen LogP contribution in [0.15, 0.2) is 48.5 Å². The van der Waals surface area contributed by atoms with E-state index in [1.54, 1.807) is 29.3 Å². The zero-order valence-electron chi connectivity index (χ0n) is 18.1. The van der Waals surface area contributed by atoms with Crippen molar-refractivity contribution in [2.24, 2.45) is 0 Å². The Balaban J connectivity index is 0.000000153. The fourth-order valence-electron chi connectivity index (χ4n) is 3.55. The molecule has 8 nitrogen and oxygen atoms in total. The highest BCUT2D eigenvalue weighted by molar-refractivity contribution is 5.88. The van der Waals surface area contributed by atoms with Gasteiger partial charge in [-0.15, -0.1) is 5.01 Å². The van der Waals surface area contributed by atoms with Crippen LogP contribution in [0.5, 0.6) is 0 Å². The molecule has 0 atom stereocenters. The number of hydrogen-bond donors (Lipinski definition) is 2. The lowest BCUT2D eigenvalue weighted by Crippen LogP contribution is -2.20. The fourth-order valence-corrected chi connectivity index (χ4v) is 3.55. The van der Waals surface area contributed by atoms with Gasteiger partial charge in [-0.2, -0.15) is 21.8 Å². The van der Waals surface area contributed by atoms with Crippen LogP contribution in [-0.4, -0.2) is 41.2 Å². The Bertz CT molecular complexity index is 1100.